The molecule has 0 saturated heterocycles. The number of nitrogens with one attached hydrogen (secondary N) is 4. The second-order valence-corrected chi connectivity index (χ2v) is 8.02. The number of carboxylic acid groups (broad SMARTS) is 1. The molecule has 10 nitrogen and oxygen atoms in total. The molecule has 0 aliphatic rings. The number of ether oxygens (including phenoxy) is 1. The van der Waals surface area contributed by atoms with E-state index in [1.807, 2.05) is 60.7 Å². The molecule has 2 aromatic heterocycles. The van der Waals surface area contributed by atoms with Gasteiger partial charge in [-0.15, -0.1) is 0 Å². The number of fused-ring (bicyclic) bond motifs is 1. The number of imidazole rings is 1. The topological polar surface area (TPSA) is 149 Å². The van der Waals surface area contributed by atoms with Gasteiger partial charge in [-0.3, -0.25) is 4.79 Å². The van der Waals surface area contributed by atoms with Crippen LogP contribution in [0.2, 0.25) is 0 Å². The van der Waals surface area contributed by atoms with Gasteiger partial charge < -0.3 is 30.4 Å². The number of aromatic nitrogens is 3. The van der Waals surface area contributed by atoms with Crippen LogP contribution in [-0.2, 0) is 33.8 Å². The van der Waals surface area contributed by atoms with Crippen LogP contribution in [0.5, 0.6) is 0 Å². The van der Waals surface area contributed by atoms with Crippen molar-refractivity contribution in [3.63, 3.8) is 0 Å². The average Bonchev–Trinajstić information content (AvgIpc) is 3.51. The summed E-state index contributed by atoms with van der Waals surface area (Å²) in [5.74, 6) is -1.84. The Balaban J connectivity index is 1.43. The molecule has 2 heterocycles. The van der Waals surface area contributed by atoms with Crippen molar-refractivity contribution in [2.45, 2.75) is 31.5 Å². The molecular formula is C25H25N5O5. The van der Waals surface area contributed by atoms with Crippen LogP contribution >= 0.6 is 0 Å². The van der Waals surface area contributed by atoms with E-state index in [1.54, 1.807) is 0 Å². The van der Waals surface area contributed by atoms with E-state index in [2.05, 4.69) is 25.6 Å². The smallest absolute Gasteiger partial charge is 0.408 e. The van der Waals surface area contributed by atoms with E-state index in [-0.39, 0.29) is 19.4 Å². The Labute approximate surface area is 200 Å². The van der Waals surface area contributed by atoms with Crippen LogP contribution in [0.3, 0.4) is 0 Å². The maximum Gasteiger partial charge on any atom is 0.408 e. The molecule has 4 rings (SSSR count). The van der Waals surface area contributed by atoms with Crippen molar-refractivity contribution in [2.75, 3.05) is 0 Å². The summed E-state index contributed by atoms with van der Waals surface area (Å²) in [6.07, 6.45) is 2.30. The highest BCUT2D eigenvalue weighted by molar-refractivity contribution is 5.89. The van der Waals surface area contributed by atoms with Crippen molar-refractivity contribution in [3.8, 4) is 0 Å². The predicted octanol–water partition coefficient (Wildman–Crippen LogP) is 2.54. The van der Waals surface area contributed by atoms with Gasteiger partial charge in [0.2, 0.25) is 5.91 Å². The Hall–Kier alpha value is -4.60. The predicted molar refractivity (Wildman–Crippen MR) is 127 cm³/mol. The molecule has 0 aliphatic heterocycles. The van der Waals surface area contributed by atoms with Gasteiger partial charge in [-0.05, 0) is 23.1 Å². The first-order valence-corrected chi connectivity index (χ1v) is 11.0. The van der Waals surface area contributed by atoms with Gasteiger partial charge in [-0.2, -0.15) is 0 Å². The van der Waals surface area contributed by atoms with Crippen molar-refractivity contribution in [1.82, 2.24) is 25.6 Å². The molecule has 0 fully saturated rings. The van der Waals surface area contributed by atoms with Gasteiger partial charge in [0.05, 0.1) is 6.33 Å². The van der Waals surface area contributed by atoms with Gasteiger partial charge in [-0.1, -0.05) is 48.5 Å². The molecule has 35 heavy (non-hydrogen) atoms. The highest BCUT2D eigenvalue weighted by Gasteiger charge is 2.28. The molecule has 0 unspecified atom stereocenters. The van der Waals surface area contributed by atoms with Gasteiger partial charge in [0.1, 0.15) is 18.7 Å². The van der Waals surface area contributed by atoms with Crippen LogP contribution in [-0.4, -0.2) is 50.1 Å². The fourth-order valence-electron chi connectivity index (χ4n) is 3.67. The van der Waals surface area contributed by atoms with E-state index in [0.29, 0.717) is 11.4 Å². The van der Waals surface area contributed by atoms with E-state index in [0.717, 1.165) is 16.5 Å². The number of carboxylic acids is 1. The second-order valence-electron chi connectivity index (χ2n) is 8.02. The number of hydrogen-bond donors (Lipinski definition) is 5. The van der Waals surface area contributed by atoms with Gasteiger partial charge in [0.15, 0.2) is 0 Å². The van der Waals surface area contributed by atoms with Crippen LogP contribution in [0.25, 0.3) is 10.9 Å². The standard InChI is InChI=1S/C25H25N5O5/c31-23(29-22(24(32)33)11-18-10-17-8-4-5-9-20(17)28-18)21(12-19-13-26-15-27-19)30-25(34)35-14-16-6-2-1-3-7-16/h1-10,13,15,21-22,28H,11-12,14H2,(H,26,27)(H,29,31)(H,30,34)(H,32,33)/t21-,22-/m1/s1. The fraction of sp³-hybridized carbons (Fsp3) is 0.200. The number of aromatic amines is 2. The van der Waals surface area contributed by atoms with E-state index >= 15 is 0 Å². The molecule has 0 aliphatic carbocycles. The zero-order valence-electron chi connectivity index (χ0n) is 18.7. The molecule has 2 amide bonds. The Morgan fingerprint density at radius 2 is 1.69 bits per heavy atom. The zero-order valence-corrected chi connectivity index (χ0v) is 18.7. The summed E-state index contributed by atoms with van der Waals surface area (Å²) < 4.78 is 5.23. The number of rotatable bonds is 10. The molecule has 180 valence electrons. The van der Waals surface area contributed by atoms with Gasteiger partial charge in [-0.25, -0.2) is 14.6 Å². The van der Waals surface area contributed by atoms with Gasteiger partial charge in [0.25, 0.3) is 0 Å². The van der Waals surface area contributed by atoms with Crippen molar-refractivity contribution < 1.29 is 24.2 Å². The van der Waals surface area contributed by atoms with E-state index in [1.165, 1.54) is 12.5 Å². The third-order valence-corrected chi connectivity index (χ3v) is 5.42. The number of amides is 2. The highest BCUT2D eigenvalue weighted by Crippen LogP contribution is 2.16. The Morgan fingerprint density at radius 1 is 0.943 bits per heavy atom. The minimum absolute atomic E-state index is 0.0310. The lowest BCUT2D eigenvalue weighted by Crippen LogP contribution is -2.53. The molecule has 0 spiro atoms. The molecule has 4 aromatic rings. The van der Waals surface area contributed by atoms with E-state index in [9.17, 15) is 19.5 Å². The number of alkyl carbamates (subject to hydrolysis) is 1. The third kappa shape index (κ3) is 6.47. The molecule has 2 aromatic carbocycles. The van der Waals surface area contributed by atoms with Crippen molar-refractivity contribution in [2.24, 2.45) is 0 Å². The highest BCUT2D eigenvalue weighted by atomic mass is 16.5. The summed E-state index contributed by atoms with van der Waals surface area (Å²) in [6.45, 7) is 0.0310. The third-order valence-electron chi connectivity index (χ3n) is 5.42. The van der Waals surface area contributed by atoms with E-state index in [4.69, 9.17) is 4.74 Å². The summed E-state index contributed by atoms with van der Waals surface area (Å²) in [5.41, 5.74) is 2.93. The second kappa shape index (κ2) is 11.0. The largest absolute Gasteiger partial charge is 0.480 e. The zero-order chi connectivity index (χ0) is 24.6. The first-order valence-electron chi connectivity index (χ1n) is 11.0. The quantitative estimate of drug-likeness (QED) is 0.238. The van der Waals surface area contributed by atoms with E-state index < -0.39 is 30.1 Å². The summed E-state index contributed by atoms with van der Waals surface area (Å²) in [6, 6.07) is 16.2. The number of para-hydroxylation sites is 1. The van der Waals surface area contributed by atoms with Crippen LogP contribution < -0.4 is 10.6 Å². The number of carbonyl (C=O) groups excluding carboxylic acids is 2. The number of H-pyrrole nitrogens is 2. The lowest BCUT2D eigenvalue weighted by atomic mass is 10.1. The molecule has 0 saturated carbocycles. The van der Waals surface area contributed by atoms with Crippen molar-refractivity contribution in [1.29, 1.82) is 0 Å². The Bertz CT molecular complexity index is 1250. The lowest BCUT2D eigenvalue weighted by Gasteiger charge is -2.21. The minimum Gasteiger partial charge on any atom is -0.480 e. The lowest BCUT2D eigenvalue weighted by molar-refractivity contribution is -0.142. The maximum absolute atomic E-state index is 13.1. The first-order chi connectivity index (χ1) is 17.0. The summed E-state index contributed by atoms with van der Waals surface area (Å²) in [7, 11) is 0. The molecular weight excluding hydrogens is 450 g/mol. The Morgan fingerprint density at radius 3 is 2.40 bits per heavy atom. The van der Waals surface area contributed by atoms with Gasteiger partial charge in [0, 0.05) is 35.9 Å². The average molecular weight is 476 g/mol. The first kappa shape index (κ1) is 23.6. The number of hydrogen-bond acceptors (Lipinski definition) is 5. The Kier molecular flexibility index (Phi) is 7.41. The van der Waals surface area contributed by atoms with Gasteiger partial charge >= 0.3 is 12.1 Å². The van der Waals surface area contributed by atoms with Crippen molar-refractivity contribution in [3.05, 3.63) is 90.1 Å². The van der Waals surface area contributed by atoms with Crippen LogP contribution in [0.15, 0.2) is 73.2 Å². The monoisotopic (exact) mass is 475 g/mol. The van der Waals surface area contributed by atoms with Crippen molar-refractivity contribution >= 4 is 28.9 Å². The fourth-order valence-corrected chi connectivity index (χ4v) is 3.67. The molecule has 0 radical (unpaired) electrons. The summed E-state index contributed by atoms with van der Waals surface area (Å²) in [5, 5.41) is 15.7. The summed E-state index contributed by atoms with van der Waals surface area (Å²) in [4.78, 5) is 47.4. The molecule has 10 heteroatoms. The number of nitrogens with zero attached hydrogens (tertiary/aromatic N) is 1. The van der Waals surface area contributed by atoms with Crippen LogP contribution in [0, 0.1) is 0 Å². The summed E-state index contributed by atoms with van der Waals surface area (Å²) >= 11 is 0. The number of benzene rings is 2. The molecule has 5 N–H and O–H groups in total. The number of carbonyl (C=O) groups is 3. The SMILES string of the molecule is O=C(N[C@H](Cc1cnc[nH]1)C(=O)N[C@H](Cc1cc2ccccc2[nH]1)C(=O)O)OCc1ccccc1. The normalized spacial score (nSPS) is 12.6. The number of aliphatic carboxylic acids is 1. The molecule has 2 atom stereocenters. The van der Waals surface area contributed by atoms with Crippen LogP contribution in [0.4, 0.5) is 4.79 Å². The maximum atomic E-state index is 13.1. The molecule has 0 bridgehead atoms. The minimum atomic E-state index is -1.21. The van der Waals surface area contributed by atoms with Crippen LogP contribution in [0.1, 0.15) is 17.0 Å².